The second-order valence-corrected chi connectivity index (χ2v) is 5.93. The molecule has 0 fully saturated rings. The largest absolute Gasteiger partial charge is 0.319 e. The van der Waals surface area contributed by atoms with E-state index < -0.39 is 0 Å². The molecule has 0 amide bonds. The van der Waals surface area contributed by atoms with Crippen LogP contribution in [0, 0.1) is 26.7 Å². The lowest BCUT2D eigenvalue weighted by Crippen LogP contribution is -2.19. The van der Waals surface area contributed by atoms with Gasteiger partial charge in [-0.05, 0) is 58.3 Å². The fourth-order valence-electron chi connectivity index (χ4n) is 2.72. The Hall–Kier alpha value is -1.74. The summed E-state index contributed by atoms with van der Waals surface area (Å²) in [6.45, 7) is 9.55. The lowest BCUT2D eigenvalue weighted by molar-refractivity contribution is 0.537. The van der Waals surface area contributed by atoms with Gasteiger partial charge in [-0.3, -0.25) is 0 Å². The predicted octanol–water partition coefficient (Wildman–Crippen LogP) is 3.47. The Balaban J connectivity index is 2.33. The minimum atomic E-state index is 0.584. The zero-order valence-electron chi connectivity index (χ0n) is 13.7. The number of hydrogen-bond acceptors (Lipinski definition) is 3. The number of nitrogens with zero attached hydrogens (tertiary/aromatic N) is 2. The molecule has 21 heavy (non-hydrogen) atoms. The fraction of sp³-hybridized carbons (Fsp3) is 0.444. The van der Waals surface area contributed by atoms with Gasteiger partial charge >= 0.3 is 0 Å². The molecule has 0 bridgehead atoms. The Morgan fingerprint density at radius 1 is 1.10 bits per heavy atom. The van der Waals surface area contributed by atoms with E-state index in [0.717, 1.165) is 35.7 Å². The van der Waals surface area contributed by atoms with E-state index in [9.17, 15) is 0 Å². The average molecular weight is 283 g/mol. The molecule has 0 aliphatic carbocycles. The van der Waals surface area contributed by atoms with Crippen molar-refractivity contribution < 1.29 is 0 Å². The van der Waals surface area contributed by atoms with Crippen molar-refractivity contribution in [3.8, 4) is 11.4 Å². The third kappa shape index (κ3) is 3.88. The minimum Gasteiger partial charge on any atom is -0.319 e. The first-order chi connectivity index (χ1) is 10.0. The van der Waals surface area contributed by atoms with Crippen molar-refractivity contribution in [2.24, 2.45) is 5.92 Å². The van der Waals surface area contributed by atoms with Crippen LogP contribution in [0.1, 0.15) is 29.4 Å². The molecule has 1 atom stereocenters. The van der Waals surface area contributed by atoms with E-state index in [1.807, 2.05) is 7.05 Å². The fourth-order valence-corrected chi connectivity index (χ4v) is 2.72. The maximum absolute atomic E-state index is 4.73. The molecule has 2 aromatic rings. The van der Waals surface area contributed by atoms with Gasteiger partial charge in [0.2, 0.25) is 0 Å². The van der Waals surface area contributed by atoms with Crippen molar-refractivity contribution in [1.82, 2.24) is 15.3 Å². The first-order valence-electron chi connectivity index (χ1n) is 7.57. The molecule has 0 aliphatic heterocycles. The molecule has 112 valence electrons. The highest BCUT2D eigenvalue weighted by molar-refractivity contribution is 5.56. The van der Waals surface area contributed by atoms with E-state index >= 15 is 0 Å². The molecule has 3 nitrogen and oxygen atoms in total. The zero-order chi connectivity index (χ0) is 15.4. The summed E-state index contributed by atoms with van der Waals surface area (Å²) in [6, 6.07) is 8.36. The highest BCUT2D eigenvalue weighted by atomic mass is 14.9. The minimum absolute atomic E-state index is 0.584. The molecule has 0 spiro atoms. The van der Waals surface area contributed by atoms with Crippen LogP contribution in [-0.4, -0.2) is 23.6 Å². The summed E-state index contributed by atoms with van der Waals surface area (Å²) >= 11 is 0. The van der Waals surface area contributed by atoms with Gasteiger partial charge in [0.05, 0.1) is 0 Å². The second-order valence-electron chi connectivity index (χ2n) is 5.93. The number of rotatable bonds is 5. The lowest BCUT2D eigenvalue weighted by atomic mass is 9.98. The van der Waals surface area contributed by atoms with Crippen molar-refractivity contribution >= 4 is 0 Å². The molecule has 0 saturated carbocycles. The molecule has 3 heteroatoms. The molecule has 2 rings (SSSR count). The van der Waals surface area contributed by atoms with Crippen molar-refractivity contribution in [3.05, 3.63) is 46.8 Å². The lowest BCUT2D eigenvalue weighted by Gasteiger charge is -2.15. The van der Waals surface area contributed by atoms with Gasteiger partial charge in [0.15, 0.2) is 5.82 Å². The van der Waals surface area contributed by atoms with E-state index in [1.165, 1.54) is 11.1 Å². The monoisotopic (exact) mass is 283 g/mol. The highest BCUT2D eigenvalue weighted by Crippen LogP contribution is 2.21. The van der Waals surface area contributed by atoms with E-state index in [4.69, 9.17) is 9.97 Å². The van der Waals surface area contributed by atoms with Crippen molar-refractivity contribution in [1.29, 1.82) is 0 Å². The van der Waals surface area contributed by atoms with Crippen molar-refractivity contribution in [2.75, 3.05) is 13.6 Å². The summed E-state index contributed by atoms with van der Waals surface area (Å²) in [5.74, 6) is 1.42. The maximum Gasteiger partial charge on any atom is 0.159 e. The molecular weight excluding hydrogens is 258 g/mol. The van der Waals surface area contributed by atoms with Crippen LogP contribution in [-0.2, 0) is 6.42 Å². The first kappa shape index (κ1) is 15.6. The van der Waals surface area contributed by atoms with Crippen LogP contribution in [0.2, 0.25) is 0 Å². The number of aromatic nitrogens is 2. The van der Waals surface area contributed by atoms with Crippen LogP contribution in [0.5, 0.6) is 0 Å². The Kier molecular flexibility index (Phi) is 5.07. The van der Waals surface area contributed by atoms with Crippen molar-refractivity contribution in [2.45, 2.75) is 34.1 Å². The van der Waals surface area contributed by atoms with Gasteiger partial charge in [0.25, 0.3) is 0 Å². The maximum atomic E-state index is 4.73. The average Bonchev–Trinajstić information content (AvgIpc) is 2.43. The van der Waals surface area contributed by atoms with Crippen LogP contribution in [0.4, 0.5) is 0 Å². The van der Waals surface area contributed by atoms with Gasteiger partial charge in [-0.2, -0.15) is 0 Å². The van der Waals surface area contributed by atoms with E-state index in [-0.39, 0.29) is 0 Å². The van der Waals surface area contributed by atoms with E-state index in [2.05, 4.69) is 57.3 Å². The van der Waals surface area contributed by atoms with Gasteiger partial charge < -0.3 is 5.32 Å². The summed E-state index contributed by atoms with van der Waals surface area (Å²) in [6.07, 6.45) is 1.02. The SMILES string of the molecule is CNCC(C)Cc1c(C)nc(-c2cccc(C)c2)nc1C. The number of aryl methyl sites for hydroxylation is 3. The Labute approximate surface area is 127 Å². The van der Waals surface area contributed by atoms with Crippen molar-refractivity contribution in [3.63, 3.8) is 0 Å². The number of nitrogens with one attached hydrogen (secondary N) is 1. The summed E-state index contributed by atoms with van der Waals surface area (Å²) in [4.78, 5) is 9.45. The van der Waals surface area contributed by atoms with Crippen LogP contribution in [0.25, 0.3) is 11.4 Å². The topological polar surface area (TPSA) is 37.8 Å². The van der Waals surface area contributed by atoms with E-state index in [1.54, 1.807) is 0 Å². The van der Waals surface area contributed by atoms with Gasteiger partial charge in [0.1, 0.15) is 0 Å². The van der Waals surface area contributed by atoms with Gasteiger partial charge in [-0.25, -0.2) is 9.97 Å². The van der Waals surface area contributed by atoms with E-state index in [0.29, 0.717) is 5.92 Å². The third-order valence-corrected chi connectivity index (χ3v) is 3.80. The quantitative estimate of drug-likeness (QED) is 0.913. The summed E-state index contributed by atoms with van der Waals surface area (Å²) in [7, 11) is 1.99. The number of hydrogen-bond donors (Lipinski definition) is 1. The van der Waals surface area contributed by atoms with Gasteiger partial charge in [-0.1, -0.05) is 30.7 Å². The molecule has 1 unspecified atom stereocenters. The van der Waals surface area contributed by atoms with Gasteiger partial charge in [0, 0.05) is 17.0 Å². The molecule has 1 aromatic carbocycles. The predicted molar refractivity (Wildman–Crippen MR) is 88.5 cm³/mol. The van der Waals surface area contributed by atoms with Crippen LogP contribution >= 0.6 is 0 Å². The molecular formula is C18H25N3. The molecule has 1 aromatic heterocycles. The van der Waals surface area contributed by atoms with Gasteiger partial charge in [-0.15, -0.1) is 0 Å². The zero-order valence-corrected chi connectivity index (χ0v) is 13.7. The van der Waals surface area contributed by atoms with Crippen LogP contribution in [0.3, 0.4) is 0 Å². The Morgan fingerprint density at radius 3 is 2.33 bits per heavy atom. The highest BCUT2D eigenvalue weighted by Gasteiger charge is 2.12. The summed E-state index contributed by atoms with van der Waals surface area (Å²) < 4.78 is 0. The smallest absolute Gasteiger partial charge is 0.159 e. The summed E-state index contributed by atoms with van der Waals surface area (Å²) in [5.41, 5.74) is 5.81. The second kappa shape index (κ2) is 6.81. The normalized spacial score (nSPS) is 12.4. The third-order valence-electron chi connectivity index (χ3n) is 3.80. The summed E-state index contributed by atoms with van der Waals surface area (Å²) in [5, 5.41) is 3.23. The Morgan fingerprint density at radius 2 is 1.76 bits per heavy atom. The molecule has 1 N–H and O–H groups in total. The molecule has 0 saturated heterocycles. The van der Waals surface area contributed by atoms with Crippen LogP contribution in [0.15, 0.2) is 24.3 Å². The first-order valence-corrected chi connectivity index (χ1v) is 7.57. The Bertz CT molecular complexity index is 597. The molecule has 0 radical (unpaired) electrons. The number of benzene rings is 1. The molecule has 0 aliphatic rings. The molecule has 1 heterocycles. The standard InChI is InChI=1S/C18H25N3/c1-12-7-6-8-16(9-12)18-20-14(3)17(15(4)21-18)10-13(2)11-19-5/h6-9,13,19H,10-11H2,1-5H3. The van der Waals surface area contributed by atoms with Crippen LogP contribution < -0.4 is 5.32 Å².